The van der Waals surface area contributed by atoms with Gasteiger partial charge in [0.15, 0.2) is 0 Å². The van der Waals surface area contributed by atoms with Gasteiger partial charge in [-0.25, -0.2) is 0 Å². The fourth-order valence-corrected chi connectivity index (χ4v) is 3.95. The lowest BCUT2D eigenvalue weighted by Gasteiger charge is -2.09. The van der Waals surface area contributed by atoms with Crippen molar-refractivity contribution < 1.29 is 9.53 Å². The molecule has 0 fully saturated rings. The van der Waals surface area contributed by atoms with Gasteiger partial charge in [-0.1, -0.05) is 108 Å². The van der Waals surface area contributed by atoms with Crippen molar-refractivity contribution in [1.29, 1.82) is 0 Å². The summed E-state index contributed by atoms with van der Waals surface area (Å²) in [7, 11) is 0. The summed E-state index contributed by atoms with van der Waals surface area (Å²) in [6.45, 7) is 2.94. The van der Waals surface area contributed by atoms with Gasteiger partial charge in [-0.3, -0.25) is 4.79 Å². The molecule has 0 radical (unpaired) electrons. The molecule has 0 aliphatic carbocycles. The first-order valence-corrected chi connectivity index (χ1v) is 12.8. The van der Waals surface area contributed by atoms with Gasteiger partial charge in [0.05, 0.1) is 6.61 Å². The number of amides is 1. The van der Waals surface area contributed by atoms with Crippen molar-refractivity contribution >= 4 is 11.6 Å². The van der Waals surface area contributed by atoms with Crippen molar-refractivity contribution in [3.8, 4) is 5.75 Å². The highest BCUT2D eigenvalue weighted by atomic mass is 16.5. The lowest BCUT2D eigenvalue weighted by atomic mass is 10.1. The van der Waals surface area contributed by atoms with Crippen LogP contribution in [0.1, 0.15) is 96.0 Å². The number of unbranched alkanes of at least 4 members (excludes halogenated alkanes) is 10. The molecule has 0 aromatic heterocycles. The van der Waals surface area contributed by atoms with Crippen LogP contribution in [0.25, 0.3) is 0 Å². The van der Waals surface area contributed by atoms with Gasteiger partial charge in [0, 0.05) is 18.2 Å². The van der Waals surface area contributed by atoms with E-state index < -0.39 is 0 Å². The molecule has 3 nitrogen and oxygen atoms in total. The Bertz CT molecular complexity index is 729. The summed E-state index contributed by atoms with van der Waals surface area (Å²) >= 11 is 0. The molecule has 0 bridgehead atoms. The first kappa shape index (κ1) is 26.0. The van der Waals surface area contributed by atoms with Crippen LogP contribution in [0.3, 0.4) is 0 Å². The Morgan fingerprint density at radius 3 is 2.09 bits per heavy atom. The topological polar surface area (TPSA) is 38.3 Å². The van der Waals surface area contributed by atoms with Crippen LogP contribution in [0.2, 0.25) is 0 Å². The zero-order valence-electron chi connectivity index (χ0n) is 20.1. The maximum Gasteiger partial charge on any atom is 0.224 e. The molecule has 3 heteroatoms. The number of ether oxygens (including phenoxy) is 1. The van der Waals surface area contributed by atoms with Crippen molar-refractivity contribution in [1.82, 2.24) is 0 Å². The van der Waals surface area contributed by atoms with Gasteiger partial charge in [0.2, 0.25) is 5.91 Å². The lowest BCUT2D eigenvalue weighted by molar-refractivity contribution is -0.116. The molecule has 0 aliphatic heterocycles. The van der Waals surface area contributed by atoms with E-state index in [2.05, 4.69) is 36.5 Å². The smallest absolute Gasteiger partial charge is 0.224 e. The maximum atomic E-state index is 12.2. The molecule has 176 valence electrons. The fraction of sp³-hybridized carbons (Fsp3) is 0.552. The molecule has 2 aromatic carbocycles. The second-order valence-electron chi connectivity index (χ2n) is 8.80. The first-order chi connectivity index (χ1) is 15.8. The SMILES string of the molecule is CCCCCCCCCCCCCC(=O)Nc1cccc(OCCCc2ccccc2)c1. The number of benzene rings is 2. The van der Waals surface area contributed by atoms with E-state index in [1.165, 1.54) is 63.4 Å². The Balaban J connectivity index is 1.50. The highest BCUT2D eigenvalue weighted by Crippen LogP contribution is 2.19. The predicted octanol–water partition coefficient (Wildman–Crippen LogP) is 8.34. The Labute approximate surface area is 196 Å². The molecular formula is C29H43NO2. The minimum absolute atomic E-state index is 0.0992. The van der Waals surface area contributed by atoms with Crippen molar-refractivity contribution in [2.45, 2.75) is 96.8 Å². The second kappa shape index (κ2) is 17.3. The highest BCUT2D eigenvalue weighted by Gasteiger charge is 2.04. The van der Waals surface area contributed by atoms with Crippen molar-refractivity contribution in [3.63, 3.8) is 0 Å². The third-order valence-electron chi connectivity index (χ3n) is 5.85. The number of nitrogens with one attached hydrogen (secondary N) is 1. The average Bonchev–Trinajstić information content (AvgIpc) is 2.81. The Morgan fingerprint density at radius 1 is 0.750 bits per heavy atom. The van der Waals surface area contributed by atoms with E-state index in [0.29, 0.717) is 13.0 Å². The Hall–Kier alpha value is -2.29. The molecule has 2 rings (SSSR count). The minimum Gasteiger partial charge on any atom is -0.494 e. The summed E-state index contributed by atoms with van der Waals surface area (Å²) < 4.78 is 5.87. The van der Waals surface area contributed by atoms with Crippen LogP contribution in [0, 0.1) is 0 Å². The Kier molecular flexibility index (Phi) is 14.0. The largest absolute Gasteiger partial charge is 0.494 e. The summed E-state index contributed by atoms with van der Waals surface area (Å²) in [6, 6.07) is 18.2. The molecule has 0 unspecified atom stereocenters. The van der Waals surface area contributed by atoms with Gasteiger partial charge in [-0.2, -0.15) is 0 Å². The predicted molar refractivity (Wildman–Crippen MR) is 136 cm³/mol. The van der Waals surface area contributed by atoms with Gasteiger partial charge in [0.1, 0.15) is 5.75 Å². The van der Waals surface area contributed by atoms with Crippen LogP contribution < -0.4 is 10.1 Å². The van der Waals surface area contributed by atoms with Gasteiger partial charge in [-0.05, 0) is 37.0 Å². The monoisotopic (exact) mass is 437 g/mol. The minimum atomic E-state index is 0.0992. The molecule has 0 atom stereocenters. The van der Waals surface area contributed by atoms with Gasteiger partial charge in [-0.15, -0.1) is 0 Å². The molecule has 1 amide bonds. The lowest BCUT2D eigenvalue weighted by Crippen LogP contribution is -2.11. The standard InChI is InChI=1S/C29H43NO2/c1-2-3-4-5-6-7-8-9-10-11-15-23-29(31)30-27-21-16-22-28(25-27)32-24-17-20-26-18-13-12-14-19-26/h12-14,16,18-19,21-22,25H,2-11,15,17,20,23-24H2,1H3,(H,30,31). The average molecular weight is 438 g/mol. The number of rotatable bonds is 18. The number of carbonyl (C=O) groups is 1. The number of hydrogen-bond acceptors (Lipinski definition) is 2. The van der Waals surface area contributed by atoms with Crippen molar-refractivity contribution in [3.05, 3.63) is 60.2 Å². The quantitative estimate of drug-likeness (QED) is 0.238. The van der Waals surface area contributed by atoms with E-state index in [9.17, 15) is 4.79 Å². The zero-order valence-corrected chi connectivity index (χ0v) is 20.1. The molecule has 0 saturated carbocycles. The van der Waals surface area contributed by atoms with Crippen molar-refractivity contribution in [2.24, 2.45) is 0 Å². The summed E-state index contributed by atoms with van der Waals surface area (Å²) in [5, 5.41) is 3.02. The third kappa shape index (κ3) is 12.5. The van der Waals surface area contributed by atoms with Crippen molar-refractivity contribution in [2.75, 3.05) is 11.9 Å². The van der Waals surface area contributed by atoms with E-state index in [0.717, 1.165) is 37.1 Å². The first-order valence-electron chi connectivity index (χ1n) is 12.8. The molecule has 0 heterocycles. The van der Waals surface area contributed by atoms with Crippen LogP contribution in [-0.2, 0) is 11.2 Å². The normalized spacial score (nSPS) is 10.8. The Morgan fingerprint density at radius 2 is 1.41 bits per heavy atom. The number of hydrogen-bond donors (Lipinski definition) is 1. The maximum absolute atomic E-state index is 12.2. The van der Waals surface area contributed by atoms with Crippen LogP contribution in [0.5, 0.6) is 5.75 Å². The van der Waals surface area contributed by atoms with Crippen LogP contribution in [0.4, 0.5) is 5.69 Å². The summed E-state index contributed by atoms with van der Waals surface area (Å²) in [5.41, 5.74) is 2.15. The summed E-state index contributed by atoms with van der Waals surface area (Å²) in [4.78, 5) is 12.2. The number of carbonyl (C=O) groups excluding carboxylic acids is 1. The van der Waals surface area contributed by atoms with E-state index in [4.69, 9.17) is 4.74 Å². The van der Waals surface area contributed by atoms with Gasteiger partial charge >= 0.3 is 0 Å². The van der Waals surface area contributed by atoms with E-state index >= 15 is 0 Å². The fourth-order valence-electron chi connectivity index (χ4n) is 3.95. The van der Waals surface area contributed by atoms with Gasteiger partial charge in [0.25, 0.3) is 0 Å². The van der Waals surface area contributed by atoms with E-state index in [-0.39, 0.29) is 5.91 Å². The molecular weight excluding hydrogens is 394 g/mol. The molecule has 0 aliphatic rings. The zero-order chi connectivity index (χ0) is 22.7. The van der Waals surface area contributed by atoms with E-state index in [1.807, 2.05) is 30.3 Å². The summed E-state index contributed by atoms with van der Waals surface area (Å²) in [6.07, 6.45) is 16.8. The summed E-state index contributed by atoms with van der Waals surface area (Å²) in [5.74, 6) is 0.910. The highest BCUT2D eigenvalue weighted by molar-refractivity contribution is 5.90. The van der Waals surface area contributed by atoms with Gasteiger partial charge < -0.3 is 10.1 Å². The number of aryl methyl sites for hydroxylation is 1. The second-order valence-corrected chi connectivity index (χ2v) is 8.80. The van der Waals surface area contributed by atoms with Crippen LogP contribution >= 0.6 is 0 Å². The molecule has 1 N–H and O–H groups in total. The molecule has 32 heavy (non-hydrogen) atoms. The van der Waals surface area contributed by atoms with E-state index in [1.54, 1.807) is 0 Å². The molecule has 2 aromatic rings. The van der Waals surface area contributed by atoms with Crippen LogP contribution in [0.15, 0.2) is 54.6 Å². The van der Waals surface area contributed by atoms with Crippen LogP contribution in [-0.4, -0.2) is 12.5 Å². The third-order valence-corrected chi connectivity index (χ3v) is 5.85. The molecule has 0 spiro atoms. The number of anilines is 1. The molecule has 0 saturated heterocycles.